The van der Waals surface area contributed by atoms with Crippen molar-refractivity contribution in [3.8, 4) is 0 Å². The normalized spacial score (nSPS) is 22.0. The van der Waals surface area contributed by atoms with Gasteiger partial charge >= 0.3 is 0 Å². The molecule has 0 saturated carbocycles. The predicted octanol–water partition coefficient (Wildman–Crippen LogP) is 0.950. The van der Waals surface area contributed by atoms with Crippen molar-refractivity contribution < 1.29 is 30.3 Å². The average Bonchev–Trinajstić information content (AvgIpc) is 2.41. The Balaban J connectivity index is 2.44. The fraction of sp³-hybridized carbons (Fsp3) is 0.154. The Bertz CT molecular complexity index is 570. The topological polar surface area (TPSA) is 118 Å². The maximum Gasteiger partial charge on any atom is 0.240 e. The van der Waals surface area contributed by atoms with Gasteiger partial charge in [-0.1, -0.05) is 30.3 Å². The molecule has 0 saturated heterocycles. The molecule has 5 N–H and O–H groups in total. The Morgan fingerprint density at radius 1 is 1.05 bits per heavy atom. The molecule has 0 aromatic heterocycles. The van der Waals surface area contributed by atoms with Crippen molar-refractivity contribution >= 4 is 5.78 Å². The molecule has 0 amide bonds. The monoisotopic (exact) mass is 264 g/mol. The minimum absolute atomic E-state index is 0.179. The molecule has 1 aliphatic rings. The first-order chi connectivity index (χ1) is 8.85. The van der Waals surface area contributed by atoms with E-state index < -0.39 is 34.8 Å². The molecule has 1 aromatic rings. The van der Waals surface area contributed by atoms with Gasteiger partial charge in [-0.3, -0.25) is 4.79 Å². The first kappa shape index (κ1) is 13.1. The summed E-state index contributed by atoms with van der Waals surface area (Å²) in [4.78, 5) is 12.1. The minimum atomic E-state index is -2.97. The van der Waals surface area contributed by atoms with Gasteiger partial charge in [0.25, 0.3) is 0 Å². The van der Waals surface area contributed by atoms with E-state index in [9.17, 15) is 30.3 Å². The van der Waals surface area contributed by atoms with Gasteiger partial charge in [0.2, 0.25) is 11.5 Å². The standard InChI is InChI=1S/C13H12O6/c14-9-6-8(13(18,19)12(17)11(9)16)10(15)7-4-2-1-3-5-7/h1-6,8,14,16-19H. The van der Waals surface area contributed by atoms with Crippen molar-refractivity contribution in [1.29, 1.82) is 0 Å². The van der Waals surface area contributed by atoms with Gasteiger partial charge in [-0.25, -0.2) is 0 Å². The Kier molecular flexibility index (Phi) is 3.05. The van der Waals surface area contributed by atoms with Crippen LogP contribution in [0.2, 0.25) is 0 Å². The van der Waals surface area contributed by atoms with Crippen molar-refractivity contribution in [1.82, 2.24) is 0 Å². The summed E-state index contributed by atoms with van der Waals surface area (Å²) >= 11 is 0. The summed E-state index contributed by atoms with van der Waals surface area (Å²) in [5.41, 5.74) is 0.179. The maximum atomic E-state index is 12.1. The maximum absolute atomic E-state index is 12.1. The van der Waals surface area contributed by atoms with Crippen LogP contribution in [0.25, 0.3) is 0 Å². The summed E-state index contributed by atoms with van der Waals surface area (Å²) in [5.74, 6) is -8.42. The zero-order valence-electron chi connectivity index (χ0n) is 9.69. The molecule has 0 spiro atoms. The highest BCUT2D eigenvalue weighted by molar-refractivity contribution is 6.00. The van der Waals surface area contributed by atoms with E-state index in [0.29, 0.717) is 0 Å². The van der Waals surface area contributed by atoms with Gasteiger partial charge in [0.15, 0.2) is 17.3 Å². The Labute approximate surface area is 108 Å². The van der Waals surface area contributed by atoms with Crippen molar-refractivity contribution in [2.75, 3.05) is 0 Å². The summed E-state index contributed by atoms with van der Waals surface area (Å²) in [6.07, 6.45) is 0.782. The number of Topliss-reactive ketones (excluding diaryl/α,β-unsaturated/α-hetero) is 1. The Hall–Kier alpha value is -2.31. The molecule has 0 aliphatic heterocycles. The number of aliphatic hydroxyl groups excluding tert-OH is 3. The van der Waals surface area contributed by atoms with Gasteiger partial charge in [0.05, 0.1) is 0 Å². The molecule has 1 aromatic carbocycles. The van der Waals surface area contributed by atoms with E-state index in [4.69, 9.17) is 0 Å². The number of rotatable bonds is 2. The molecule has 6 nitrogen and oxygen atoms in total. The molecule has 1 aliphatic carbocycles. The van der Waals surface area contributed by atoms with Gasteiger partial charge in [-0.15, -0.1) is 0 Å². The molecule has 100 valence electrons. The minimum Gasteiger partial charge on any atom is -0.504 e. The fourth-order valence-corrected chi connectivity index (χ4v) is 1.84. The zero-order valence-corrected chi connectivity index (χ0v) is 9.69. The second kappa shape index (κ2) is 4.42. The lowest BCUT2D eigenvalue weighted by Crippen LogP contribution is -2.46. The molecule has 1 atom stereocenters. The van der Waals surface area contributed by atoms with E-state index in [0.717, 1.165) is 6.08 Å². The van der Waals surface area contributed by atoms with Crippen LogP contribution in [0.4, 0.5) is 0 Å². The van der Waals surface area contributed by atoms with Crippen LogP contribution in [0, 0.1) is 5.92 Å². The summed E-state index contributed by atoms with van der Waals surface area (Å²) in [6.45, 7) is 0. The third-order valence-corrected chi connectivity index (χ3v) is 2.91. The van der Waals surface area contributed by atoms with Crippen LogP contribution in [0.15, 0.2) is 53.7 Å². The molecular weight excluding hydrogens is 252 g/mol. The number of aliphatic hydroxyl groups is 5. The van der Waals surface area contributed by atoms with Gasteiger partial charge in [-0.05, 0) is 6.08 Å². The summed E-state index contributed by atoms with van der Waals surface area (Å²) in [5, 5.41) is 47.5. The van der Waals surface area contributed by atoms with Crippen molar-refractivity contribution in [2.45, 2.75) is 5.79 Å². The lowest BCUT2D eigenvalue weighted by molar-refractivity contribution is -0.174. The van der Waals surface area contributed by atoms with Crippen LogP contribution >= 0.6 is 0 Å². The summed E-state index contributed by atoms with van der Waals surface area (Å²) < 4.78 is 0. The molecular formula is C13H12O6. The number of hydrogen-bond acceptors (Lipinski definition) is 6. The van der Waals surface area contributed by atoms with Crippen molar-refractivity contribution in [3.63, 3.8) is 0 Å². The van der Waals surface area contributed by atoms with E-state index >= 15 is 0 Å². The highest BCUT2D eigenvalue weighted by atomic mass is 16.5. The van der Waals surface area contributed by atoms with E-state index in [2.05, 4.69) is 0 Å². The highest BCUT2D eigenvalue weighted by Gasteiger charge is 2.48. The van der Waals surface area contributed by atoms with Gasteiger partial charge < -0.3 is 25.5 Å². The molecule has 19 heavy (non-hydrogen) atoms. The van der Waals surface area contributed by atoms with E-state index in [1.54, 1.807) is 18.2 Å². The van der Waals surface area contributed by atoms with Crippen LogP contribution < -0.4 is 0 Å². The van der Waals surface area contributed by atoms with Crippen LogP contribution in [-0.4, -0.2) is 37.1 Å². The lowest BCUT2D eigenvalue weighted by Gasteiger charge is -2.30. The summed E-state index contributed by atoms with van der Waals surface area (Å²) in [6, 6.07) is 7.77. The first-order valence-electron chi connectivity index (χ1n) is 5.43. The average molecular weight is 264 g/mol. The van der Waals surface area contributed by atoms with Gasteiger partial charge in [0.1, 0.15) is 5.92 Å². The van der Waals surface area contributed by atoms with E-state index in [-0.39, 0.29) is 5.56 Å². The van der Waals surface area contributed by atoms with Crippen LogP contribution in [-0.2, 0) is 0 Å². The molecule has 1 unspecified atom stereocenters. The van der Waals surface area contributed by atoms with E-state index in [1.165, 1.54) is 12.1 Å². The SMILES string of the molecule is O=C(c1ccccc1)C1C=C(O)C(O)=C(O)C1(O)O. The van der Waals surface area contributed by atoms with E-state index in [1.807, 2.05) is 0 Å². The number of hydrogen-bond donors (Lipinski definition) is 5. The molecule has 6 heteroatoms. The van der Waals surface area contributed by atoms with Crippen molar-refractivity contribution in [3.05, 3.63) is 59.2 Å². The predicted molar refractivity (Wildman–Crippen MR) is 64.4 cm³/mol. The highest BCUT2D eigenvalue weighted by Crippen LogP contribution is 2.34. The summed E-state index contributed by atoms with van der Waals surface area (Å²) in [7, 11) is 0. The number of benzene rings is 1. The molecule has 2 rings (SSSR count). The molecule has 0 fully saturated rings. The molecule has 0 radical (unpaired) electrons. The smallest absolute Gasteiger partial charge is 0.240 e. The van der Waals surface area contributed by atoms with Crippen LogP contribution in [0.1, 0.15) is 10.4 Å². The number of carbonyl (C=O) groups is 1. The lowest BCUT2D eigenvalue weighted by atomic mass is 9.84. The van der Waals surface area contributed by atoms with Crippen molar-refractivity contribution in [2.24, 2.45) is 5.92 Å². The first-order valence-corrected chi connectivity index (χ1v) is 5.43. The Morgan fingerprint density at radius 2 is 1.63 bits per heavy atom. The van der Waals surface area contributed by atoms with Crippen LogP contribution in [0.5, 0.6) is 0 Å². The van der Waals surface area contributed by atoms with Gasteiger partial charge in [0, 0.05) is 5.56 Å². The number of carbonyl (C=O) groups excluding carboxylic acids is 1. The quantitative estimate of drug-likeness (QED) is 0.401. The Morgan fingerprint density at radius 3 is 2.21 bits per heavy atom. The van der Waals surface area contributed by atoms with Gasteiger partial charge in [-0.2, -0.15) is 0 Å². The third kappa shape index (κ3) is 2.07. The largest absolute Gasteiger partial charge is 0.504 e. The fourth-order valence-electron chi connectivity index (χ4n) is 1.84. The zero-order chi connectivity index (χ0) is 14.2. The van der Waals surface area contributed by atoms with Crippen LogP contribution in [0.3, 0.4) is 0 Å². The molecule has 0 heterocycles. The number of ketones is 1. The second-order valence-corrected chi connectivity index (χ2v) is 4.18. The molecule has 0 bridgehead atoms. The second-order valence-electron chi connectivity index (χ2n) is 4.18. The third-order valence-electron chi connectivity index (χ3n) is 2.91.